The van der Waals surface area contributed by atoms with Crippen molar-refractivity contribution in [2.75, 3.05) is 5.75 Å². The van der Waals surface area contributed by atoms with Crippen LogP contribution in [0.2, 0.25) is 0 Å². The van der Waals surface area contributed by atoms with E-state index in [4.69, 9.17) is 0 Å². The zero-order chi connectivity index (χ0) is 26.4. The maximum Gasteiger partial charge on any atom is 0.00672 e. The summed E-state index contributed by atoms with van der Waals surface area (Å²) >= 11 is 0. The van der Waals surface area contributed by atoms with Crippen molar-refractivity contribution in [2.24, 2.45) is 34.5 Å². The molecule has 2 fully saturated rings. The molecule has 4 aliphatic rings. The molecule has 0 saturated heterocycles. The lowest BCUT2D eigenvalue weighted by molar-refractivity contribution is 0.433. The molecule has 2 saturated carbocycles. The van der Waals surface area contributed by atoms with E-state index in [2.05, 4.69) is 121 Å². The standard InChI is InChI=1S/C36H50S/c1-8-9-23-37(29-17-13-14-18-29,28-15-11-10-12-16-28)34-32-24-26(35(2,3)4)19-21-30(32)31-22-20-27(25-33(31)34)36(5,6)7/h8,10-12,15-16,19-22,24-25,29-34H,1,9,13-14,17-18,23H2,2-7H3. The molecule has 1 heteroatoms. The number of rotatable bonds is 6. The highest BCUT2D eigenvalue weighted by Gasteiger charge is 2.57. The number of allylic oxidation sites excluding steroid dienone is 9. The Labute approximate surface area is 229 Å². The van der Waals surface area contributed by atoms with Crippen LogP contribution in [0.4, 0.5) is 0 Å². The summed E-state index contributed by atoms with van der Waals surface area (Å²) in [5.41, 5.74) is 3.44. The van der Waals surface area contributed by atoms with Gasteiger partial charge in [0.2, 0.25) is 0 Å². The van der Waals surface area contributed by atoms with Crippen LogP contribution in [0, 0.1) is 34.5 Å². The van der Waals surface area contributed by atoms with Crippen LogP contribution in [0.15, 0.2) is 95.5 Å². The third-order valence-corrected chi connectivity index (χ3v) is 15.1. The van der Waals surface area contributed by atoms with E-state index in [1.807, 2.05) is 0 Å². The summed E-state index contributed by atoms with van der Waals surface area (Å²) in [6.45, 7) is 18.6. The largest absolute Gasteiger partial charge is 0.207 e. The first-order valence-electron chi connectivity index (χ1n) is 14.8. The van der Waals surface area contributed by atoms with Crippen LogP contribution in [-0.4, -0.2) is 16.3 Å². The molecule has 5 unspecified atom stereocenters. The van der Waals surface area contributed by atoms with Crippen LogP contribution in [0.5, 0.6) is 0 Å². The molecule has 1 aromatic rings. The normalized spacial score (nSPS) is 32.2. The maximum absolute atomic E-state index is 4.23. The second-order valence-electron chi connectivity index (χ2n) is 14.1. The van der Waals surface area contributed by atoms with E-state index in [1.165, 1.54) is 42.6 Å². The fourth-order valence-corrected chi connectivity index (χ4v) is 13.9. The van der Waals surface area contributed by atoms with Crippen molar-refractivity contribution >= 4 is 10.0 Å². The van der Waals surface area contributed by atoms with Gasteiger partial charge in [0.05, 0.1) is 0 Å². The van der Waals surface area contributed by atoms with E-state index in [9.17, 15) is 0 Å². The molecule has 5 atom stereocenters. The van der Waals surface area contributed by atoms with Gasteiger partial charge in [-0.2, -0.15) is 0 Å². The quantitative estimate of drug-likeness (QED) is 0.331. The first-order valence-corrected chi connectivity index (χ1v) is 16.8. The highest BCUT2D eigenvalue weighted by Crippen LogP contribution is 2.74. The molecule has 0 radical (unpaired) electrons. The molecular weight excluding hydrogens is 464 g/mol. The Kier molecular flexibility index (Phi) is 7.34. The van der Waals surface area contributed by atoms with Gasteiger partial charge in [-0.15, -0.1) is 6.58 Å². The maximum atomic E-state index is 4.23. The number of fused-ring (bicyclic) bond motifs is 3. The molecule has 0 amide bonds. The van der Waals surface area contributed by atoms with Crippen molar-refractivity contribution in [3.8, 4) is 0 Å². The molecule has 200 valence electrons. The van der Waals surface area contributed by atoms with Gasteiger partial charge in [-0.3, -0.25) is 0 Å². The zero-order valence-corrected chi connectivity index (χ0v) is 25.1. The van der Waals surface area contributed by atoms with Gasteiger partial charge in [0.25, 0.3) is 0 Å². The molecule has 0 nitrogen and oxygen atoms in total. The van der Waals surface area contributed by atoms with Crippen LogP contribution in [0.1, 0.15) is 73.6 Å². The average Bonchev–Trinajstić information content (AvgIpc) is 3.51. The molecule has 4 aliphatic carbocycles. The molecule has 5 rings (SSSR count). The van der Waals surface area contributed by atoms with E-state index in [-0.39, 0.29) is 10.8 Å². The van der Waals surface area contributed by atoms with Crippen molar-refractivity contribution in [3.05, 3.63) is 90.6 Å². The Hall–Kier alpha value is -1.73. The minimum absolute atomic E-state index is 0.182. The second-order valence-corrected chi connectivity index (χ2v) is 17.9. The third-order valence-electron chi connectivity index (χ3n) is 9.79. The number of benzene rings is 1. The zero-order valence-electron chi connectivity index (χ0n) is 24.3. The Balaban J connectivity index is 1.75. The lowest BCUT2D eigenvalue weighted by Crippen LogP contribution is -2.37. The molecule has 0 bridgehead atoms. The van der Waals surface area contributed by atoms with Gasteiger partial charge in [-0.1, -0.05) is 127 Å². The Morgan fingerprint density at radius 3 is 1.76 bits per heavy atom. The third kappa shape index (κ3) is 4.80. The van der Waals surface area contributed by atoms with E-state index in [0.29, 0.717) is 28.9 Å². The predicted molar refractivity (Wildman–Crippen MR) is 165 cm³/mol. The molecule has 37 heavy (non-hydrogen) atoms. The van der Waals surface area contributed by atoms with Crippen LogP contribution < -0.4 is 0 Å². The van der Waals surface area contributed by atoms with Crippen LogP contribution in [0.3, 0.4) is 0 Å². The summed E-state index contributed by atoms with van der Waals surface area (Å²) in [5, 5.41) is 1.51. The minimum atomic E-state index is -1.10. The van der Waals surface area contributed by atoms with Crippen molar-refractivity contribution in [1.82, 2.24) is 0 Å². The molecular formula is C36H50S. The molecule has 0 N–H and O–H groups in total. The summed E-state index contributed by atoms with van der Waals surface area (Å²) < 4.78 is 0. The van der Waals surface area contributed by atoms with Gasteiger partial charge in [-0.25, -0.2) is 10.0 Å². The SMILES string of the molecule is C=CCCS(c1ccccc1)(C1CCCC1)C1C2C=C(C(C)(C)C)C=CC2C2C=CC(C(C)(C)C)=CC21. The summed E-state index contributed by atoms with van der Waals surface area (Å²) in [7, 11) is -1.10. The summed E-state index contributed by atoms with van der Waals surface area (Å²) in [6, 6.07) is 11.9. The number of hydrogen-bond donors (Lipinski definition) is 0. The van der Waals surface area contributed by atoms with E-state index in [1.54, 1.807) is 4.90 Å². The van der Waals surface area contributed by atoms with Gasteiger partial charge < -0.3 is 0 Å². The van der Waals surface area contributed by atoms with Gasteiger partial charge in [0, 0.05) is 5.25 Å². The smallest absolute Gasteiger partial charge is 0.00672 e. The van der Waals surface area contributed by atoms with E-state index < -0.39 is 10.0 Å². The fraction of sp³-hybridized carbons (Fsp3) is 0.556. The summed E-state index contributed by atoms with van der Waals surface area (Å²) in [5.74, 6) is 3.73. The fourth-order valence-electron chi connectivity index (χ4n) is 7.90. The van der Waals surface area contributed by atoms with Crippen molar-refractivity contribution < 1.29 is 0 Å². The lowest BCUT2D eigenvalue weighted by atomic mass is 9.74. The molecule has 1 aromatic carbocycles. The monoisotopic (exact) mass is 514 g/mol. The minimum Gasteiger partial charge on any atom is -0.207 e. The number of hydrogen-bond acceptors (Lipinski definition) is 0. The molecule has 0 aromatic heterocycles. The van der Waals surface area contributed by atoms with Gasteiger partial charge in [0.1, 0.15) is 0 Å². The lowest BCUT2D eigenvalue weighted by Gasteiger charge is -2.55. The molecule has 0 heterocycles. The highest BCUT2D eigenvalue weighted by atomic mass is 32.3. The first-order chi connectivity index (χ1) is 17.6. The van der Waals surface area contributed by atoms with Crippen LogP contribution in [-0.2, 0) is 0 Å². The van der Waals surface area contributed by atoms with Crippen molar-refractivity contribution in [2.45, 2.75) is 89.0 Å². The molecule has 0 spiro atoms. The Bertz CT molecular complexity index is 1040. The Morgan fingerprint density at radius 1 is 0.784 bits per heavy atom. The summed E-state index contributed by atoms with van der Waals surface area (Å²) in [6.07, 6.45) is 24.7. The first kappa shape index (κ1) is 26.9. The van der Waals surface area contributed by atoms with E-state index in [0.717, 1.165) is 11.7 Å². The highest BCUT2D eigenvalue weighted by molar-refractivity contribution is 8.34. The van der Waals surface area contributed by atoms with Gasteiger partial charge >= 0.3 is 0 Å². The predicted octanol–water partition coefficient (Wildman–Crippen LogP) is 10.3. The molecule has 0 aliphatic heterocycles. The van der Waals surface area contributed by atoms with E-state index >= 15 is 0 Å². The average molecular weight is 515 g/mol. The van der Waals surface area contributed by atoms with Gasteiger partial charge in [0.15, 0.2) is 0 Å². The topological polar surface area (TPSA) is 0 Å². The van der Waals surface area contributed by atoms with Crippen LogP contribution in [0.25, 0.3) is 0 Å². The van der Waals surface area contributed by atoms with Gasteiger partial charge in [-0.05, 0) is 80.8 Å². The Morgan fingerprint density at radius 2 is 1.30 bits per heavy atom. The van der Waals surface area contributed by atoms with Crippen molar-refractivity contribution in [1.29, 1.82) is 0 Å². The summed E-state index contributed by atoms with van der Waals surface area (Å²) in [4.78, 5) is 1.67. The van der Waals surface area contributed by atoms with Crippen LogP contribution >= 0.6 is 10.0 Å². The van der Waals surface area contributed by atoms with Crippen molar-refractivity contribution in [3.63, 3.8) is 0 Å². The second kappa shape index (κ2) is 10.1.